The highest BCUT2D eigenvalue weighted by atomic mass is 16.5. The van der Waals surface area contributed by atoms with Crippen molar-refractivity contribution in [2.45, 2.75) is 20.3 Å². The lowest BCUT2D eigenvalue weighted by Gasteiger charge is -2.28. The number of carbonyl (C=O) groups is 1. The normalized spacial score (nSPS) is 14.5. The third kappa shape index (κ3) is 3.89. The van der Waals surface area contributed by atoms with Crippen LogP contribution in [0.15, 0.2) is 30.3 Å². The number of benzene rings is 1. The van der Waals surface area contributed by atoms with E-state index in [9.17, 15) is 4.79 Å². The van der Waals surface area contributed by atoms with Gasteiger partial charge in [0, 0.05) is 24.8 Å². The summed E-state index contributed by atoms with van der Waals surface area (Å²) < 4.78 is 5.36. The first-order valence-electron chi connectivity index (χ1n) is 8.24. The number of aryl methyl sites for hydroxylation is 2. The zero-order chi connectivity index (χ0) is 16.9. The summed E-state index contributed by atoms with van der Waals surface area (Å²) in [6.45, 7) is 6.80. The second kappa shape index (κ2) is 7.40. The summed E-state index contributed by atoms with van der Waals surface area (Å²) in [6.07, 6.45) is 0.974. The van der Waals surface area contributed by atoms with Crippen LogP contribution in [-0.4, -0.2) is 42.2 Å². The highest BCUT2D eigenvalue weighted by Gasteiger charge is 2.17. The predicted molar refractivity (Wildman–Crippen MR) is 93.6 cm³/mol. The third-order valence-electron chi connectivity index (χ3n) is 4.01. The van der Waals surface area contributed by atoms with Gasteiger partial charge in [-0.25, -0.2) is 9.97 Å². The van der Waals surface area contributed by atoms with Crippen LogP contribution in [-0.2, 0) is 11.2 Å². The summed E-state index contributed by atoms with van der Waals surface area (Å²) in [5.74, 6) is 1.14. The Labute approximate surface area is 141 Å². The van der Waals surface area contributed by atoms with Gasteiger partial charge < -0.3 is 15.0 Å². The second-order valence-electron chi connectivity index (χ2n) is 5.76. The zero-order valence-corrected chi connectivity index (χ0v) is 14.1. The fourth-order valence-corrected chi connectivity index (χ4v) is 2.64. The number of anilines is 2. The van der Waals surface area contributed by atoms with E-state index in [-0.39, 0.29) is 5.91 Å². The molecule has 1 aliphatic heterocycles. The number of rotatable bonds is 4. The maximum atomic E-state index is 12.5. The minimum Gasteiger partial charge on any atom is -0.378 e. The first-order valence-corrected chi connectivity index (χ1v) is 8.24. The molecule has 3 rings (SSSR count). The van der Waals surface area contributed by atoms with Gasteiger partial charge in [-0.1, -0.05) is 19.1 Å². The van der Waals surface area contributed by atoms with Gasteiger partial charge in [0.25, 0.3) is 5.91 Å². The van der Waals surface area contributed by atoms with Crippen LogP contribution in [0.5, 0.6) is 0 Å². The molecule has 0 radical (unpaired) electrons. The molecular weight excluding hydrogens is 304 g/mol. The highest BCUT2D eigenvalue weighted by Crippen LogP contribution is 2.16. The molecule has 2 aromatic rings. The summed E-state index contributed by atoms with van der Waals surface area (Å²) in [7, 11) is 0. The Morgan fingerprint density at radius 2 is 1.92 bits per heavy atom. The number of amides is 1. The lowest BCUT2D eigenvalue weighted by Crippen LogP contribution is -2.37. The first-order chi connectivity index (χ1) is 11.7. The average molecular weight is 326 g/mol. The molecular formula is C18H22N4O2. The number of hydrogen-bond acceptors (Lipinski definition) is 5. The number of ether oxygens (including phenoxy) is 1. The van der Waals surface area contributed by atoms with E-state index in [2.05, 4.69) is 27.1 Å². The van der Waals surface area contributed by atoms with Crippen molar-refractivity contribution in [2.24, 2.45) is 0 Å². The number of carbonyl (C=O) groups excluding carboxylic acids is 1. The summed E-state index contributed by atoms with van der Waals surface area (Å²) >= 11 is 0. The molecule has 1 fully saturated rings. The van der Waals surface area contributed by atoms with Gasteiger partial charge in [-0.2, -0.15) is 0 Å². The van der Waals surface area contributed by atoms with Crippen molar-refractivity contribution >= 4 is 17.4 Å². The van der Waals surface area contributed by atoms with Crippen molar-refractivity contribution in [3.8, 4) is 0 Å². The molecule has 1 amide bonds. The van der Waals surface area contributed by atoms with Crippen LogP contribution in [0, 0.1) is 6.92 Å². The molecule has 1 aromatic heterocycles. The number of nitrogens with one attached hydrogen (secondary N) is 1. The number of aromatic nitrogens is 2. The van der Waals surface area contributed by atoms with Gasteiger partial charge in [0.05, 0.1) is 13.2 Å². The molecule has 0 bridgehead atoms. The maximum Gasteiger partial charge on any atom is 0.274 e. The number of nitrogens with zero attached hydrogens (tertiary/aromatic N) is 3. The summed E-state index contributed by atoms with van der Waals surface area (Å²) in [4.78, 5) is 23.4. The number of hydrogen-bond donors (Lipinski definition) is 1. The van der Waals surface area contributed by atoms with Gasteiger partial charge in [0.2, 0.25) is 0 Å². The van der Waals surface area contributed by atoms with Crippen LogP contribution in [0.2, 0.25) is 0 Å². The van der Waals surface area contributed by atoms with E-state index < -0.39 is 0 Å². The monoisotopic (exact) mass is 326 g/mol. The van der Waals surface area contributed by atoms with Gasteiger partial charge in [-0.15, -0.1) is 0 Å². The molecule has 6 nitrogen and oxygen atoms in total. The molecule has 0 spiro atoms. The quantitative estimate of drug-likeness (QED) is 0.935. The minimum atomic E-state index is -0.223. The van der Waals surface area contributed by atoms with E-state index in [0.717, 1.165) is 31.0 Å². The standard InChI is InChI=1S/C18H22N4O2/c1-3-14-4-6-15(7-5-14)21-18(23)16-12-17(20-13(2)19-16)22-8-10-24-11-9-22/h4-7,12H,3,8-11H2,1-2H3,(H,21,23). The van der Waals surface area contributed by atoms with E-state index in [1.807, 2.05) is 24.3 Å². The van der Waals surface area contributed by atoms with E-state index >= 15 is 0 Å². The predicted octanol–water partition coefficient (Wildman–Crippen LogP) is 2.44. The Morgan fingerprint density at radius 1 is 1.21 bits per heavy atom. The van der Waals surface area contributed by atoms with E-state index in [4.69, 9.17) is 4.74 Å². The maximum absolute atomic E-state index is 12.5. The summed E-state index contributed by atoms with van der Waals surface area (Å²) in [5.41, 5.74) is 2.38. The van der Waals surface area contributed by atoms with E-state index in [1.165, 1.54) is 5.56 Å². The Bertz CT molecular complexity index is 709. The van der Waals surface area contributed by atoms with E-state index in [1.54, 1.807) is 13.0 Å². The van der Waals surface area contributed by atoms with Crippen molar-refractivity contribution in [3.05, 3.63) is 47.4 Å². The SMILES string of the molecule is CCc1ccc(NC(=O)c2cc(N3CCOCC3)nc(C)n2)cc1. The smallest absolute Gasteiger partial charge is 0.274 e. The number of morpholine rings is 1. The molecule has 0 saturated carbocycles. The van der Waals surface area contributed by atoms with Crippen molar-refractivity contribution < 1.29 is 9.53 Å². The summed E-state index contributed by atoms with van der Waals surface area (Å²) in [5, 5.41) is 2.89. The Hall–Kier alpha value is -2.47. The second-order valence-corrected chi connectivity index (χ2v) is 5.76. The van der Waals surface area contributed by atoms with E-state index in [0.29, 0.717) is 24.7 Å². The fraction of sp³-hybridized carbons (Fsp3) is 0.389. The van der Waals surface area contributed by atoms with Crippen molar-refractivity contribution in [2.75, 3.05) is 36.5 Å². The average Bonchev–Trinajstić information content (AvgIpc) is 2.62. The largest absolute Gasteiger partial charge is 0.378 e. The Balaban J connectivity index is 1.77. The molecule has 0 aliphatic carbocycles. The molecule has 1 aliphatic rings. The molecule has 1 N–H and O–H groups in total. The van der Waals surface area contributed by atoms with Gasteiger partial charge in [-0.3, -0.25) is 4.79 Å². The molecule has 1 saturated heterocycles. The Morgan fingerprint density at radius 3 is 2.58 bits per heavy atom. The molecule has 2 heterocycles. The van der Waals surface area contributed by atoms with Crippen LogP contribution in [0.25, 0.3) is 0 Å². The molecule has 0 unspecified atom stereocenters. The minimum absolute atomic E-state index is 0.223. The molecule has 1 aromatic carbocycles. The van der Waals surface area contributed by atoms with Gasteiger partial charge in [0.1, 0.15) is 17.3 Å². The van der Waals surface area contributed by atoms with Crippen LogP contribution >= 0.6 is 0 Å². The molecule has 0 atom stereocenters. The lowest BCUT2D eigenvalue weighted by atomic mass is 10.1. The van der Waals surface area contributed by atoms with Crippen LogP contribution < -0.4 is 10.2 Å². The molecule has 126 valence electrons. The van der Waals surface area contributed by atoms with Crippen molar-refractivity contribution in [1.29, 1.82) is 0 Å². The first kappa shape index (κ1) is 16.4. The topological polar surface area (TPSA) is 67.4 Å². The Kier molecular flexibility index (Phi) is 5.05. The zero-order valence-electron chi connectivity index (χ0n) is 14.1. The third-order valence-corrected chi connectivity index (χ3v) is 4.01. The van der Waals surface area contributed by atoms with Crippen LogP contribution in [0.4, 0.5) is 11.5 Å². The fourth-order valence-electron chi connectivity index (χ4n) is 2.64. The molecule has 24 heavy (non-hydrogen) atoms. The highest BCUT2D eigenvalue weighted by molar-refractivity contribution is 6.03. The summed E-state index contributed by atoms with van der Waals surface area (Å²) in [6, 6.07) is 9.59. The lowest BCUT2D eigenvalue weighted by molar-refractivity contribution is 0.102. The molecule has 6 heteroatoms. The van der Waals surface area contributed by atoms with Crippen LogP contribution in [0.1, 0.15) is 28.8 Å². The van der Waals surface area contributed by atoms with Crippen molar-refractivity contribution in [1.82, 2.24) is 9.97 Å². The van der Waals surface area contributed by atoms with Gasteiger partial charge in [0.15, 0.2) is 0 Å². The van der Waals surface area contributed by atoms with Gasteiger partial charge >= 0.3 is 0 Å². The van der Waals surface area contributed by atoms with Crippen molar-refractivity contribution in [3.63, 3.8) is 0 Å². The van der Waals surface area contributed by atoms with Gasteiger partial charge in [-0.05, 0) is 31.0 Å². The van der Waals surface area contributed by atoms with Crippen LogP contribution in [0.3, 0.4) is 0 Å².